The lowest BCUT2D eigenvalue weighted by molar-refractivity contribution is -0.148. The molecule has 0 radical (unpaired) electrons. The Morgan fingerprint density at radius 3 is 2.36 bits per heavy atom. The van der Waals surface area contributed by atoms with Gasteiger partial charge in [0.2, 0.25) is 0 Å². The fourth-order valence-electron chi connectivity index (χ4n) is 4.38. The SMILES string of the molecule is COCCO[C@H]1C(O[Si](C)(C)C(C)(C)C)[C@@H](C(=O)NC(Cc2ccccc2)C(=O)OC)O[C@@H]1n1cc(C)c(=O)[nH]c1=O. The fraction of sp³-hybridized carbons (Fsp3) is 0.586. The minimum Gasteiger partial charge on any atom is -0.467 e. The van der Waals surface area contributed by atoms with Gasteiger partial charge < -0.3 is 28.7 Å². The van der Waals surface area contributed by atoms with Crippen LogP contribution in [-0.2, 0) is 39.4 Å². The van der Waals surface area contributed by atoms with E-state index in [-0.39, 0.29) is 30.2 Å². The summed E-state index contributed by atoms with van der Waals surface area (Å²) in [7, 11) is 0.233. The molecule has 0 aliphatic carbocycles. The van der Waals surface area contributed by atoms with Crippen LogP contribution in [0.15, 0.2) is 46.1 Å². The molecule has 1 amide bonds. The number of hydrogen-bond acceptors (Lipinski definition) is 9. The zero-order chi connectivity index (χ0) is 31.2. The Bertz CT molecular complexity index is 1340. The van der Waals surface area contributed by atoms with Crippen molar-refractivity contribution in [1.82, 2.24) is 14.9 Å². The molecule has 0 saturated carbocycles. The second-order valence-electron chi connectivity index (χ2n) is 11.9. The van der Waals surface area contributed by atoms with Crippen molar-refractivity contribution in [3.63, 3.8) is 0 Å². The van der Waals surface area contributed by atoms with E-state index >= 15 is 0 Å². The van der Waals surface area contributed by atoms with Crippen LogP contribution >= 0.6 is 0 Å². The van der Waals surface area contributed by atoms with Crippen LogP contribution in [0.4, 0.5) is 0 Å². The normalized spacial score (nSPS) is 21.6. The third kappa shape index (κ3) is 7.84. The maximum absolute atomic E-state index is 13.9. The van der Waals surface area contributed by atoms with Gasteiger partial charge in [-0.05, 0) is 30.6 Å². The van der Waals surface area contributed by atoms with Gasteiger partial charge in [0.15, 0.2) is 20.6 Å². The summed E-state index contributed by atoms with van der Waals surface area (Å²) in [5, 5.41) is 2.54. The quantitative estimate of drug-likeness (QED) is 0.211. The fourth-order valence-corrected chi connectivity index (χ4v) is 5.67. The molecule has 1 saturated heterocycles. The molecule has 1 aliphatic heterocycles. The highest BCUT2D eigenvalue weighted by Gasteiger charge is 2.54. The first-order valence-corrected chi connectivity index (χ1v) is 16.8. The molecule has 2 unspecified atom stereocenters. The van der Waals surface area contributed by atoms with Crippen LogP contribution in [0.1, 0.15) is 38.1 Å². The summed E-state index contributed by atoms with van der Waals surface area (Å²) in [5.74, 6) is -1.24. The van der Waals surface area contributed by atoms with E-state index in [1.54, 1.807) is 6.92 Å². The number of hydrogen-bond donors (Lipinski definition) is 2. The number of aryl methyl sites for hydroxylation is 1. The minimum absolute atomic E-state index is 0.128. The van der Waals surface area contributed by atoms with Crippen LogP contribution in [0.25, 0.3) is 0 Å². The number of esters is 1. The lowest BCUT2D eigenvalue weighted by Gasteiger charge is -2.40. The van der Waals surface area contributed by atoms with Gasteiger partial charge in [-0.25, -0.2) is 9.59 Å². The van der Waals surface area contributed by atoms with E-state index < -0.39 is 62.0 Å². The van der Waals surface area contributed by atoms with Crippen molar-refractivity contribution in [3.05, 3.63) is 68.5 Å². The van der Waals surface area contributed by atoms with Gasteiger partial charge in [-0.15, -0.1) is 0 Å². The molecule has 0 bridgehead atoms. The maximum atomic E-state index is 13.9. The molecule has 1 fully saturated rings. The number of aromatic amines is 1. The number of nitrogens with zero attached hydrogens (tertiary/aromatic N) is 1. The third-order valence-electron chi connectivity index (χ3n) is 7.79. The number of benzene rings is 1. The molecular formula is C29H43N3O9Si. The lowest BCUT2D eigenvalue weighted by atomic mass is 10.0. The zero-order valence-electron chi connectivity index (χ0n) is 25.6. The van der Waals surface area contributed by atoms with E-state index in [9.17, 15) is 19.2 Å². The first kappa shape index (κ1) is 33.4. The van der Waals surface area contributed by atoms with Crippen LogP contribution in [0.3, 0.4) is 0 Å². The molecule has 12 nitrogen and oxygen atoms in total. The van der Waals surface area contributed by atoms with Crippen molar-refractivity contribution in [3.8, 4) is 0 Å². The molecule has 2 heterocycles. The second kappa shape index (κ2) is 13.9. The number of methoxy groups -OCH3 is 2. The number of amides is 1. The third-order valence-corrected chi connectivity index (χ3v) is 12.3. The molecule has 1 aromatic carbocycles. The Labute approximate surface area is 246 Å². The smallest absolute Gasteiger partial charge is 0.330 e. The van der Waals surface area contributed by atoms with Gasteiger partial charge in [0.1, 0.15) is 18.2 Å². The predicted octanol–water partition coefficient (Wildman–Crippen LogP) is 2.06. The van der Waals surface area contributed by atoms with E-state index in [1.165, 1.54) is 25.0 Å². The van der Waals surface area contributed by atoms with Gasteiger partial charge >= 0.3 is 11.7 Å². The summed E-state index contributed by atoms with van der Waals surface area (Å²) >= 11 is 0. The van der Waals surface area contributed by atoms with Crippen molar-refractivity contribution in [2.75, 3.05) is 27.4 Å². The lowest BCUT2D eigenvalue weighted by Crippen LogP contribution is -2.55. The molecule has 5 atom stereocenters. The summed E-state index contributed by atoms with van der Waals surface area (Å²) in [6.07, 6.45) is -2.72. The van der Waals surface area contributed by atoms with Crippen molar-refractivity contribution < 1.29 is 33.0 Å². The van der Waals surface area contributed by atoms with Crippen LogP contribution < -0.4 is 16.6 Å². The Balaban J connectivity index is 2.06. The monoisotopic (exact) mass is 605 g/mol. The number of H-pyrrole nitrogens is 1. The van der Waals surface area contributed by atoms with E-state index in [4.69, 9.17) is 23.4 Å². The largest absolute Gasteiger partial charge is 0.467 e. The van der Waals surface area contributed by atoms with Gasteiger partial charge in [0.25, 0.3) is 11.5 Å². The van der Waals surface area contributed by atoms with Crippen molar-refractivity contribution in [2.45, 2.75) is 82.8 Å². The summed E-state index contributed by atoms with van der Waals surface area (Å²) in [5.41, 5.74) is -0.156. The minimum atomic E-state index is -2.55. The van der Waals surface area contributed by atoms with Crippen molar-refractivity contribution in [2.24, 2.45) is 0 Å². The number of nitrogens with one attached hydrogen (secondary N) is 2. The number of ether oxygens (including phenoxy) is 4. The molecule has 42 heavy (non-hydrogen) atoms. The molecule has 2 N–H and O–H groups in total. The molecule has 0 spiro atoms. The molecule has 232 valence electrons. The number of rotatable bonds is 12. The average Bonchev–Trinajstić information content (AvgIpc) is 3.27. The van der Waals surface area contributed by atoms with Gasteiger partial charge in [-0.2, -0.15) is 0 Å². The Hall–Kier alpha value is -3.10. The van der Waals surface area contributed by atoms with E-state index in [1.807, 2.05) is 43.4 Å². The highest BCUT2D eigenvalue weighted by Crippen LogP contribution is 2.42. The molecule has 1 aliphatic rings. The highest BCUT2D eigenvalue weighted by atomic mass is 28.4. The molecule has 2 aromatic rings. The first-order valence-electron chi connectivity index (χ1n) is 13.9. The Morgan fingerprint density at radius 2 is 1.76 bits per heavy atom. The van der Waals surface area contributed by atoms with Gasteiger partial charge in [-0.3, -0.25) is 19.1 Å². The Kier molecular flexibility index (Phi) is 11.1. The van der Waals surface area contributed by atoms with Crippen LogP contribution in [0.5, 0.6) is 0 Å². The van der Waals surface area contributed by atoms with Crippen molar-refractivity contribution >= 4 is 20.2 Å². The summed E-state index contributed by atoms with van der Waals surface area (Å²) < 4.78 is 30.6. The zero-order valence-corrected chi connectivity index (χ0v) is 26.6. The van der Waals surface area contributed by atoms with Crippen molar-refractivity contribution in [1.29, 1.82) is 0 Å². The standard InChI is InChI=1S/C29H43N3O9Si/c1-18-17-32(28(36)31-24(18)33)26-23(39-15-14-37-5)21(41-42(7,8)29(2,3)4)22(40-26)25(34)30-20(27(35)38-6)16-19-12-10-9-11-13-19/h9-13,17,20-23,26H,14-16H2,1-8H3,(H,30,34)(H,31,33,36)/t20?,21?,22-,23-,26-/m0/s1. The summed E-state index contributed by atoms with van der Waals surface area (Å²) in [4.78, 5) is 54.0. The van der Waals surface area contributed by atoms with Gasteiger partial charge in [-0.1, -0.05) is 51.1 Å². The highest BCUT2D eigenvalue weighted by molar-refractivity contribution is 6.74. The van der Waals surface area contributed by atoms with Crippen LogP contribution in [0, 0.1) is 6.92 Å². The van der Waals surface area contributed by atoms with Crippen LogP contribution in [-0.4, -0.2) is 81.5 Å². The first-order chi connectivity index (χ1) is 19.7. The maximum Gasteiger partial charge on any atom is 0.330 e. The topological polar surface area (TPSA) is 147 Å². The summed E-state index contributed by atoms with van der Waals surface area (Å²) in [6, 6.07) is 8.22. The second-order valence-corrected chi connectivity index (χ2v) is 16.6. The molecule has 1 aromatic heterocycles. The number of carbonyl (C=O) groups excluding carboxylic acids is 2. The molecule has 3 rings (SSSR count). The molecule has 13 heteroatoms. The number of aromatic nitrogens is 2. The van der Waals surface area contributed by atoms with Gasteiger partial charge in [0.05, 0.1) is 20.3 Å². The van der Waals surface area contributed by atoms with E-state index in [0.29, 0.717) is 0 Å². The predicted molar refractivity (Wildman–Crippen MR) is 158 cm³/mol. The Morgan fingerprint density at radius 1 is 1.10 bits per heavy atom. The average molecular weight is 606 g/mol. The number of carbonyl (C=O) groups is 2. The summed E-state index contributed by atoms with van der Waals surface area (Å²) in [6.45, 7) is 12.2. The van der Waals surface area contributed by atoms with E-state index in [2.05, 4.69) is 31.1 Å². The van der Waals surface area contributed by atoms with Crippen LogP contribution in [0.2, 0.25) is 18.1 Å². The molecular weight excluding hydrogens is 562 g/mol. The van der Waals surface area contributed by atoms with Gasteiger partial charge in [0, 0.05) is 25.3 Å². The van der Waals surface area contributed by atoms with E-state index in [0.717, 1.165) is 5.56 Å².